The number of halogens is 1. The molecule has 2 unspecified atom stereocenters. The van der Waals surface area contributed by atoms with Gasteiger partial charge in [-0.25, -0.2) is 9.78 Å². The fraction of sp³-hybridized carbons (Fsp3) is 0.538. The van der Waals surface area contributed by atoms with Gasteiger partial charge in [-0.3, -0.25) is 0 Å². The van der Waals surface area contributed by atoms with Gasteiger partial charge in [-0.2, -0.15) is 0 Å². The highest BCUT2D eigenvalue weighted by molar-refractivity contribution is 6.33. The van der Waals surface area contributed by atoms with E-state index in [0.717, 1.165) is 19.3 Å². The minimum absolute atomic E-state index is 0.0325. The molecule has 1 aromatic rings. The highest BCUT2D eigenvalue weighted by Gasteiger charge is 2.23. The van der Waals surface area contributed by atoms with Crippen molar-refractivity contribution in [1.29, 1.82) is 0 Å². The van der Waals surface area contributed by atoms with Gasteiger partial charge in [0.1, 0.15) is 6.10 Å². The Kier molecular flexibility index (Phi) is 4.07. The van der Waals surface area contributed by atoms with Crippen molar-refractivity contribution < 1.29 is 14.6 Å². The van der Waals surface area contributed by atoms with Gasteiger partial charge in [-0.1, -0.05) is 24.9 Å². The Morgan fingerprint density at radius 3 is 2.89 bits per heavy atom. The molecule has 98 valence electrons. The largest absolute Gasteiger partial charge is 0.478 e. The van der Waals surface area contributed by atoms with Gasteiger partial charge in [-0.05, 0) is 25.2 Å². The lowest BCUT2D eigenvalue weighted by Gasteiger charge is -2.28. The fourth-order valence-electron chi connectivity index (χ4n) is 2.26. The quantitative estimate of drug-likeness (QED) is 0.914. The lowest BCUT2D eigenvalue weighted by molar-refractivity contribution is 0.0693. The van der Waals surface area contributed by atoms with Gasteiger partial charge in [0.05, 0.1) is 16.8 Å². The van der Waals surface area contributed by atoms with Crippen LogP contribution in [0.15, 0.2) is 12.3 Å². The zero-order chi connectivity index (χ0) is 13.1. The van der Waals surface area contributed by atoms with E-state index >= 15 is 0 Å². The summed E-state index contributed by atoms with van der Waals surface area (Å²) in [5.41, 5.74) is 0.0325. The first kappa shape index (κ1) is 13.1. The summed E-state index contributed by atoms with van der Waals surface area (Å²) in [7, 11) is 0. The topological polar surface area (TPSA) is 59.4 Å². The van der Waals surface area contributed by atoms with Crippen molar-refractivity contribution in [1.82, 2.24) is 4.98 Å². The van der Waals surface area contributed by atoms with Crippen LogP contribution in [0.2, 0.25) is 5.02 Å². The van der Waals surface area contributed by atoms with Crippen molar-refractivity contribution in [2.45, 2.75) is 38.7 Å². The van der Waals surface area contributed by atoms with Crippen molar-refractivity contribution in [2.75, 3.05) is 0 Å². The minimum Gasteiger partial charge on any atom is -0.478 e. The Bertz CT molecular complexity index is 450. The molecule has 18 heavy (non-hydrogen) atoms. The van der Waals surface area contributed by atoms with Crippen LogP contribution in [-0.2, 0) is 0 Å². The monoisotopic (exact) mass is 269 g/mol. The van der Waals surface area contributed by atoms with Gasteiger partial charge in [0.2, 0.25) is 5.88 Å². The number of hydrogen-bond donors (Lipinski definition) is 1. The van der Waals surface area contributed by atoms with Crippen LogP contribution < -0.4 is 4.74 Å². The molecule has 0 radical (unpaired) electrons. The number of carbonyl (C=O) groups is 1. The van der Waals surface area contributed by atoms with Crippen LogP contribution >= 0.6 is 11.6 Å². The van der Waals surface area contributed by atoms with E-state index in [1.165, 1.54) is 18.7 Å². The predicted molar refractivity (Wildman–Crippen MR) is 68.3 cm³/mol. The summed E-state index contributed by atoms with van der Waals surface area (Å²) < 4.78 is 5.78. The van der Waals surface area contributed by atoms with Crippen LogP contribution in [0.5, 0.6) is 5.88 Å². The van der Waals surface area contributed by atoms with Gasteiger partial charge >= 0.3 is 5.97 Å². The third-order valence-electron chi connectivity index (χ3n) is 3.37. The maximum absolute atomic E-state index is 11.0. The van der Waals surface area contributed by atoms with E-state index < -0.39 is 5.97 Å². The third kappa shape index (κ3) is 2.93. The molecule has 1 aliphatic rings. The number of pyridine rings is 1. The molecular formula is C13H16ClNO3. The Hall–Kier alpha value is -1.29. The van der Waals surface area contributed by atoms with E-state index in [-0.39, 0.29) is 16.7 Å². The number of ether oxygens (including phenoxy) is 1. The van der Waals surface area contributed by atoms with Gasteiger partial charge in [0.15, 0.2) is 0 Å². The molecule has 4 nitrogen and oxygen atoms in total. The van der Waals surface area contributed by atoms with Gasteiger partial charge < -0.3 is 9.84 Å². The number of aromatic nitrogens is 1. The summed E-state index contributed by atoms with van der Waals surface area (Å²) in [6.45, 7) is 2.15. The van der Waals surface area contributed by atoms with Crippen LogP contribution in [-0.4, -0.2) is 22.2 Å². The normalized spacial score (nSPS) is 23.7. The molecule has 0 saturated heterocycles. The summed E-state index contributed by atoms with van der Waals surface area (Å²) in [6, 6.07) is 1.39. The van der Waals surface area contributed by atoms with Crippen LogP contribution in [0.4, 0.5) is 0 Å². The maximum atomic E-state index is 11.0. The van der Waals surface area contributed by atoms with E-state index in [9.17, 15) is 4.79 Å². The van der Waals surface area contributed by atoms with Crippen molar-refractivity contribution in [2.24, 2.45) is 5.92 Å². The van der Waals surface area contributed by atoms with Crippen LogP contribution in [0.1, 0.15) is 43.0 Å². The fourth-order valence-corrected chi connectivity index (χ4v) is 2.44. The Morgan fingerprint density at radius 2 is 2.22 bits per heavy atom. The molecule has 0 amide bonds. The number of hydrogen-bond acceptors (Lipinski definition) is 3. The number of nitrogens with zero attached hydrogens (tertiary/aromatic N) is 1. The number of carboxylic acids is 1. The lowest BCUT2D eigenvalue weighted by Crippen LogP contribution is -2.28. The SMILES string of the molecule is CC1CCCCC1Oc1cc(C(=O)O)c(Cl)cn1. The van der Waals surface area contributed by atoms with Crippen LogP contribution in [0.25, 0.3) is 0 Å². The minimum atomic E-state index is -1.07. The molecule has 0 aromatic carbocycles. The van der Waals surface area contributed by atoms with E-state index in [2.05, 4.69) is 11.9 Å². The van der Waals surface area contributed by atoms with Crippen LogP contribution in [0.3, 0.4) is 0 Å². The first-order valence-electron chi connectivity index (χ1n) is 6.13. The maximum Gasteiger partial charge on any atom is 0.337 e. The molecule has 1 fully saturated rings. The van der Waals surface area contributed by atoms with E-state index in [0.29, 0.717) is 11.8 Å². The van der Waals surface area contributed by atoms with E-state index in [4.69, 9.17) is 21.4 Å². The number of carboxylic acid groups (broad SMARTS) is 1. The molecule has 0 bridgehead atoms. The van der Waals surface area contributed by atoms with Gasteiger partial charge in [0, 0.05) is 6.07 Å². The summed E-state index contributed by atoms with van der Waals surface area (Å²) in [6.07, 6.45) is 5.96. The molecule has 1 aromatic heterocycles. The van der Waals surface area contributed by atoms with Crippen molar-refractivity contribution in [3.05, 3.63) is 22.8 Å². The zero-order valence-electron chi connectivity index (χ0n) is 10.2. The summed E-state index contributed by atoms with van der Waals surface area (Å²) >= 11 is 5.76. The van der Waals surface area contributed by atoms with E-state index in [1.807, 2.05) is 0 Å². The van der Waals surface area contributed by atoms with Crippen molar-refractivity contribution >= 4 is 17.6 Å². The smallest absolute Gasteiger partial charge is 0.337 e. The molecule has 0 aliphatic heterocycles. The van der Waals surface area contributed by atoms with Crippen molar-refractivity contribution in [3.8, 4) is 5.88 Å². The van der Waals surface area contributed by atoms with E-state index in [1.54, 1.807) is 0 Å². The van der Waals surface area contributed by atoms with Gasteiger partial charge in [-0.15, -0.1) is 0 Å². The first-order valence-corrected chi connectivity index (χ1v) is 6.51. The lowest BCUT2D eigenvalue weighted by atomic mass is 9.88. The van der Waals surface area contributed by atoms with Crippen molar-refractivity contribution in [3.63, 3.8) is 0 Å². The Balaban J connectivity index is 2.14. The predicted octanol–water partition coefficient (Wildman–Crippen LogP) is 3.39. The average molecular weight is 270 g/mol. The highest BCUT2D eigenvalue weighted by Crippen LogP contribution is 2.28. The Morgan fingerprint density at radius 1 is 1.50 bits per heavy atom. The summed E-state index contributed by atoms with van der Waals surface area (Å²) in [4.78, 5) is 15.0. The number of aromatic carboxylic acids is 1. The second-order valence-corrected chi connectivity index (χ2v) is 5.13. The molecule has 5 heteroatoms. The second kappa shape index (κ2) is 5.57. The molecule has 2 atom stereocenters. The highest BCUT2D eigenvalue weighted by atomic mass is 35.5. The molecule has 1 aliphatic carbocycles. The Labute approximate surface area is 111 Å². The third-order valence-corrected chi connectivity index (χ3v) is 3.67. The molecule has 2 rings (SSSR count). The molecule has 1 saturated carbocycles. The van der Waals surface area contributed by atoms with Crippen LogP contribution in [0, 0.1) is 5.92 Å². The molecule has 1 N–H and O–H groups in total. The average Bonchev–Trinajstić information content (AvgIpc) is 2.34. The van der Waals surface area contributed by atoms with Gasteiger partial charge in [0.25, 0.3) is 0 Å². The molecule has 1 heterocycles. The summed E-state index contributed by atoms with van der Waals surface area (Å²) in [5, 5.41) is 9.11. The molecule has 0 spiro atoms. The molecular weight excluding hydrogens is 254 g/mol. The standard InChI is InChI=1S/C13H16ClNO3/c1-8-4-2-3-5-11(8)18-12-6-9(13(16)17)10(14)7-15-12/h6-8,11H,2-5H2,1H3,(H,16,17). The zero-order valence-corrected chi connectivity index (χ0v) is 11.0. The second-order valence-electron chi connectivity index (χ2n) is 4.73. The summed E-state index contributed by atoms with van der Waals surface area (Å²) in [5.74, 6) is -0.246. The first-order chi connectivity index (χ1) is 8.58. The number of rotatable bonds is 3.